The first-order valence-corrected chi connectivity index (χ1v) is 13.5. The second-order valence-corrected chi connectivity index (χ2v) is 10.5. The van der Waals surface area contributed by atoms with E-state index in [9.17, 15) is 13.2 Å². The first kappa shape index (κ1) is 27.4. The fraction of sp³-hybridized carbons (Fsp3) is 0.633. The minimum absolute atomic E-state index is 0.149. The van der Waals surface area contributed by atoms with Gasteiger partial charge in [0.1, 0.15) is 5.75 Å². The van der Waals surface area contributed by atoms with Crippen LogP contribution in [0.3, 0.4) is 0 Å². The van der Waals surface area contributed by atoms with Crippen molar-refractivity contribution < 1.29 is 17.9 Å². The van der Waals surface area contributed by atoms with E-state index in [1.54, 1.807) is 12.1 Å². The number of rotatable bonds is 11. The number of alkyl halides is 3. The Labute approximate surface area is 209 Å². The van der Waals surface area contributed by atoms with Crippen LogP contribution in [0.5, 0.6) is 5.75 Å². The minimum atomic E-state index is -4.63. The van der Waals surface area contributed by atoms with E-state index in [2.05, 4.69) is 10.8 Å². The highest BCUT2D eigenvalue weighted by molar-refractivity contribution is 5.27. The molecule has 2 nitrogen and oxygen atoms in total. The van der Waals surface area contributed by atoms with Crippen molar-refractivity contribution in [3.05, 3.63) is 54.1 Å². The van der Waals surface area contributed by atoms with Gasteiger partial charge in [-0.25, -0.2) is 0 Å². The molecule has 0 N–H and O–H groups in total. The number of hydrogen-bond donors (Lipinski definition) is 0. The zero-order valence-corrected chi connectivity index (χ0v) is 20.8. The maximum absolute atomic E-state index is 12.3. The molecular weight excluding hydrogens is 447 g/mol. The Morgan fingerprint density at radius 1 is 0.829 bits per heavy atom. The molecule has 0 amide bonds. The van der Waals surface area contributed by atoms with E-state index < -0.39 is 6.36 Å². The van der Waals surface area contributed by atoms with Crippen molar-refractivity contribution in [3.8, 4) is 11.8 Å². The van der Waals surface area contributed by atoms with Crippen LogP contribution in [0.25, 0.3) is 0 Å². The van der Waals surface area contributed by atoms with E-state index in [1.807, 2.05) is 18.2 Å². The lowest BCUT2D eigenvalue weighted by Crippen LogP contribution is -2.25. The van der Waals surface area contributed by atoms with Crippen LogP contribution in [-0.2, 0) is 6.42 Å². The number of allylic oxidation sites excluding steroid dienone is 4. The van der Waals surface area contributed by atoms with Gasteiger partial charge in [0.2, 0.25) is 0 Å². The average molecular weight is 488 g/mol. The Morgan fingerprint density at radius 3 is 2.00 bits per heavy atom. The molecule has 1 aromatic rings. The molecule has 0 atom stereocenters. The quantitative estimate of drug-likeness (QED) is 0.177. The highest BCUT2D eigenvalue weighted by Crippen LogP contribution is 2.43. The zero-order valence-electron chi connectivity index (χ0n) is 20.8. The molecule has 2 fully saturated rings. The van der Waals surface area contributed by atoms with E-state index >= 15 is 0 Å². The summed E-state index contributed by atoms with van der Waals surface area (Å²) < 4.78 is 40.7. The van der Waals surface area contributed by atoms with Crippen molar-refractivity contribution in [1.82, 2.24) is 0 Å². The summed E-state index contributed by atoms with van der Waals surface area (Å²) in [6, 6.07) is 8.31. The molecule has 0 unspecified atom stereocenters. The molecule has 2 aliphatic carbocycles. The van der Waals surface area contributed by atoms with Crippen LogP contribution in [0.1, 0.15) is 89.0 Å². The first-order chi connectivity index (χ1) is 16.9. The van der Waals surface area contributed by atoms with Crippen LogP contribution >= 0.6 is 0 Å². The summed E-state index contributed by atoms with van der Waals surface area (Å²) in [5.74, 6) is 3.45. The van der Waals surface area contributed by atoms with Crippen molar-refractivity contribution in [2.75, 3.05) is 0 Å². The lowest BCUT2D eigenvalue weighted by Gasteiger charge is -2.38. The second-order valence-electron chi connectivity index (χ2n) is 10.5. The molecular formula is C30H40F3NO. The molecule has 35 heavy (non-hydrogen) atoms. The molecule has 0 aromatic heterocycles. The smallest absolute Gasteiger partial charge is 0.406 e. The van der Waals surface area contributed by atoms with Gasteiger partial charge in [-0.2, -0.15) is 5.26 Å². The highest BCUT2D eigenvalue weighted by Gasteiger charge is 2.31. The summed E-state index contributed by atoms with van der Waals surface area (Å²) in [5.41, 5.74) is 1.07. The Hall–Kier alpha value is -2.22. The van der Waals surface area contributed by atoms with Crippen LogP contribution in [0, 0.1) is 35.0 Å². The molecule has 5 heteroatoms. The van der Waals surface area contributed by atoms with Gasteiger partial charge >= 0.3 is 6.36 Å². The molecule has 0 heterocycles. The van der Waals surface area contributed by atoms with Gasteiger partial charge in [-0.1, -0.05) is 68.9 Å². The maximum Gasteiger partial charge on any atom is 0.573 e. The molecule has 0 spiro atoms. The molecule has 192 valence electrons. The molecule has 2 aliphatic rings. The standard InChI is InChI=1S/C30H40F3NO/c31-30(32,33)35-29-21-15-26(16-22-29)10-6-5-9-25-13-19-28(20-14-25)27-17-11-24(12-18-27)8-4-2-1-3-7-23-34/h1-3,7,15-16,21-22,24-25,27-28H,4-6,8-14,17-20H2/b2-1+,7-3+/t24?,25-,27?,28-. The molecule has 2 saturated carbocycles. The molecule has 1 aromatic carbocycles. The monoisotopic (exact) mass is 487 g/mol. The number of aryl methyl sites for hydroxylation is 1. The summed E-state index contributed by atoms with van der Waals surface area (Å²) in [6.07, 6.45) is 20.9. The van der Waals surface area contributed by atoms with Gasteiger partial charge in [0.05, 0.1) is 6.07 Å². The molecule has 0 bridgehead atoms. The van der Waals surface area contributed by atoms with Crippen LogP contribution in [0.2, 0.25) is 0 Å². The SMILES string of the molecule is N#C/C=C/C=C/CCC1CCC([C@H]2CC[C@H](CCCCc3ccc(OC(F)(F)F)cc3)CC2)CC1. The van der Waals surface area contributed by atoms with Crippen LogP contribution in [0.4, 0.5) is 13.2 Å². The fourth-order valence-electron chi connectivity index (χ4n) is 6.12. The number of nitriles is 1. The van der Waals surface area contributed by atoms with Crippen LogP contribution < -0.4 is 4.74 Å². The first-order valence-electron chi connectivity index (χ1n) is 13.5. The molecule has 0 aliphatic heterocycles. The minimum Gasteiger partial charge on any atom is -0.406 e. The lowest BCUT2D eigenvalue weighted by molar-refractivity contribution is -0.274. The molecule has 0 saturated heterocycles. The van der Waals surface area contributed by atoms with Gasteiger partial charge in [0.25, 0.3) is 0 Å². The van der Waals surface area contributed by atoms with Crippen molar-refractivity contribution in [2.24, 2.45) is 23.7 Å². The normalized spacial score (nSPS) is 25.7. The third-order valence-electron chi connectivity index (χ3n) is 8.09. The van der Waals surface area contributed by atoms with Crippen molar-refractivity contribution >= 4 is 0 Å². The maximum atomic E-state index is 12.3. The number of hydrogen-bond acceptors (Lipinski definition) is 2. The highest BCUT2D eigenvalue weighted by atomic mass is 19.4. The summed E-state index contributed by atoms with van der Waals surface area (Å²) in [5, 5.41) is 8.49. The number of nitrogens with zero attached hydrogens (tertiary/aromatic N) is 1. The summed E-state index contributed by atoms with van der Waals surface area (Å²) in [7, 11) is 0. The Morgan fingerprint density at radius 2 is 1.43 bits per heavy atom. The van der Waals surface area contributed by atoms with Crippen molar-refractivity contribution in [2.45, 2.75) is 96.3 Å². The number of halogens is 3. The van der Waals surface area contributed by atoms with Crippen LogP contribution in [0.15, 0.2) is 48.6 Å². The van der Waals surface area contributed by atoms with Gasteiger partial charge in [-0.15, -0.1) is 13.2 Å². The lowest BCUT2D eigenvalue weighted by atomic mass is 9.68. The van der Waals surface area contributed by atoms with Crippen molar-refractivity contribution in [1.29, 1.82) is 5.26 Å². The van der Waals surface area contributed by atoms with Gasteiger partial charge in [-0.05, 0) is 92.7 Å². The third-order valence-corrected chi connectivity index (χ3v) is 8.09. The van der Waals surface area contributed by atoms with Gasteiger partial charge in [0, 0.05) is 6.08 Å². The number of unbranched alkanes of at least 4 members (excludes halogenated alkanes) is 1. The van der Waals surface area contributed by atoms with E-state index in [-0.39, 0.29) is 5.75 Å². The predicted octanol–water partition coefficient (Wildman–Crippen LogP) is 9.33. The average Bonchev–Trinajstić information content (AvgIpc) is 2.85. The van der Waals surface area contributed by atoms with E-state index in [0.29, 0.717) is 0 Å². The zero-order chi connectivity index (χ0) is 24.9. The molecule has 0 radical (unpaired) electrons. The Kier molecular flexibility index (Phi) is 11.2. The second kappa shape index (κ2) is 14.4. The van der Waals surface area contributed by atoms with Gasteiger partial charge in [0.15, 0.2) is 0 Å². The number of benzene rings is 1. The third kappa shape index (κ3) is 10.5. The fourth-order valence-corrected chi connectivity index (χ4v) is 6.12. The summed E-state index contributed by atoms with van der Waals surface area (Å²) in [4.78, 5) is 0. The predicted molar refractivity (Wildman–Crippen MR) is 135 cm³/mol. The summed E-state index contributed by atoms with van der Waals surface area (Å²) >= 11 is 0. The topological polar surface area (TPSA) is 33.0 Å². The van der Waals surface area contributed by atoms with E-state index in [1.165, 1.54) is 88.8 Å². The van der Waals surface area contributed by atoms with Crippen LogP contribution in [-0.4, -0.2) is 6.36 Å². The van der Waals surface area contributed by atoms with Gasteiger partial charge in [-0.3, -0.25) is 0 Å². The number of ether oxygens (including phenoxy) is 1. The van der Waals surface area contributed by atoms with Gasteiger partial charge < -0.3 is 4.74 Å². The Balaban J connectivity index is 1.24. The Bertz CT molecular complexity index is 821. The largest absolute Gasteiger partial charge is 0.573 e. The van der Waals surface area contributed by atoms with Crippen molar-refractivity contribution in [3.63, 3.8) is 0 Å². The summed E-state index contributed by atoms with van der Waals surface area (Å²) in [6.45, 7) is 0. The van der Waals surface area contributed by atoms with E-state index in [0.717, 1.165) is 48.5 Å². The van der Waals surface area contributed by atoms with E-state index in [4.69, 9.17) is 5.26 Å². The molecule has 3 rings (SSSR count).